The summed E-state index contributed by atoms with van der Waals surface area (Å²) >= 11 is 0. The molecule has 2 aliphatic heterocycles. The van der Waals surface area contributed by atoms with Crippen LogP contribution in [0.1, 0.15) is 106 Å². The maximum absolute atomic E-state index is 12.1. The van der Waals surface area contributed by atoms with Gasteiger partial charge in [-0.15, -0.1) is 0 Å². The summed E-state index contributed by atoms with van der Waals surface area (Å²) in [5.41, 5.74) is 2.12. The zero-order valence-electron chi connectivity index (χ0n) is 33.5. The lowest BCUT2D eigenvalue weighted by Crippen LogP contribution is -2.67. The van der Waals surface area contributed by atoms with E-state index < -0.39 is 86.1 Å². The zero-order chi connectivity index (χ0) is 39.7. The van der Waals surface area contributed by atoms with Gasteiger partial charge in [0.2, 0.25) is 0 Å². The molecule has 54 heavy (non-hydrogen) atoms. The molecule has 0 spiro atoms. The summed E-state index contributed by atoms with van der Waals surface area (Å²) in [5.74, 6) is 1.03. The van der Waals surface area contributed by atoms with Crippen LogP contribution in [0.15, 0.2) is 23.8 Å². The van der Waals surface area contributed by atoms with E-state index >= 15 is 0 Å². The van der Waals surface area contributed by atoms with Gasteiger partial charge in [-0.25, -0.2) is 0 Å². The van der Waals surface area contributed by atoms with Gasteiger partial charge in [0.15, 0.2) is 12.6 Å². The Balaban J connectivity index is 1.22. The first-order chi connectivity index (χ1) is 25.3. The molecule has 6 fully saturated rings. The summed E-state index contributed by atoms with van der Waals surface area (Å²) in [6.45, 7) is 19.4. The van der Waals surface area contributed by atoms with Crippen molar-refractivity contribution in [3.8, 4) is 0 Å². The second-order valence-corrected chi connectivity index (χ2v) is 19.4. The Bertz CT molecular complexity index is 1370. The quantitative estimate of drug-likeness (QED) is 0.120. The normalized spacial score (nSPS) is 51.5. The number of ether oxygens (including phenoxy) is 4. The average Bonchev–Trinajstić information content (AvgIpc) is 3.49. The lowest BCUT2D eigenvalue weighted by Gasteiger charge is -2.70. The summed E-state index contributed by atoms with van der Waals surface area (Å²) in [5, 5.41) is 85.4. The molecule has 0 amide bonds. The Morgan fingerprint density at radius 1 is 0.722 bits per heavy atom. The van der Waals surface area contributed by atoms with E-state index in [-0.39, 0.29) is 34.2 Å². The molecule has 12 nitrogen and oxygen atoms in total. The third-order valence-corrected chi connectivity index (χ3v) is 16.1. The third kappa shape index (κ3) is 6.89. The minimum atomic E-state index is -1.74. The monoisotopic (exact) mass is 766 g/mol. The molecule has 4 saturated carbocycles. The second-order valence-electron chi connectivity index (χ2n) is 19.4. The Labute approximate surface area is 321 Å². The highest BCUT2D eigenvalue weighted by atomic mass is 16.8. The molecule has 6 aliphatic rings. The van der Waals surface area contributed by atoms with Crippen LogP contribution in [0.2, 0.25) is 0 Å². The van der Waals surface area contributed by atoms with Gasteiger partial charge in [-0.1, -0.05) is 58.4 Å². The molecule has 2 heterocycles. The molecule has 0 aromatic heterocycles. The maximum atomic E-state index is 12.1. The van der Waals surface area contributed by atoms with E-state index in [4.69, 9.17) is 18.9 Å². The minimum Gasteiger partial charge on any atom is -0.394 e. The molecule has 0 bridgehead atoms. The third-order valence-electron chi connectivity index (χ3n) is 16.1. The van der Waals surface area contributed by atoms with E-state index in [1.807, 2.05) is 0 Å². The highest BCUT2D eigenvalue weighted by molar-refractivity contribution is 5.22. The van der Waals surface area contributed by atoms with Crippen LogP contribution >= 0.6 is 0 Å². The Kier molecular flexibility index (Phi) is 12.3. The van der Waals surface area contributed by atoms with Crippen LogP contribution in [0.4, 0.5) is 0 Å². The van der Waals surface area contributed by atoms with Crippen LogP contribution < -0.4 is 0 Å². The van der Waals surface area contributed by atoms with Crippen molar-refractivity contribution < 1.29 is 59.8 Å². The van der Waals surface area contributed by atoms with Crippen LogP contribution in [0.25, 0.3) is 0 Å². The zero-order valence-corrected chi connectivity index (χ0v) is 33.5. The Hall–Kier alpha value is -1.00. The van der Waals surface area contributed by atoms with Crippen molar-refractivity contribution in [1.82, 2.24) is 0 Å². The van der Waals surface area contributed by atoms with Crippen molar-refractivity contribution in [3.63, 3.8) is 0 Å². The largest absolute Gasteiger partial charge is 0.394 e. The van der Waals surface area contributed by atoms with Crippen molar-refractivity contribution in [1.29, 1.82) is 0 Å². The number of allylic oxidation sites excluding steroid dienone is 3. The van der Waals surface area contributed by atoms with Crippen molar-refractivity contribution in [2.75, 3.05) is 13.2 Å². The van der Waals surface area contributed by atoms with Gasteiger partial charge in [0, 0.05) is 0 Å². The predicted octanol–water partition coefficient (Wildman–Crippen LogP) is 2.95. The Morgan fingerprint density at radius 2 is 1.33 bits per heavy atom. The highest BCUT2D eigenvalue weighted by Crippen LogP contribution is 2.75. The molecule has 6 rings (SSSR count). The number of aliphatic hydroxyl groups excluding tert-OH is 8. The number of hydrogen-bond donors (Lipinski definition) is 8. The van der Waals surface area contributed by atoms with Crippen LogP contribution in [0.5, 0.6) is 0 Å². The predicted molar refractivity (Wildman–Crippen MR) is 199 cm³/mol. The minimum absolute atomic E-state index is 0.0217. The molecule has 0 aromatic rings. The molecule has 4 aliphatic carbocycles. The summed E-state index contributed by atoms with van der Waals surface area (Å²) < 4.78 is 24.4. The fraction of sp³-hybridized carbons (Fsp3) is 0.905. The molecule has 12 heteroatoms. The summed E-state index contributed by atoms with van der Waals surface area (Å²) in [7, 11) is 0. The molecule has 0 radical (unpaired) electrons. The fourth-order valence-corrected chi connectivity index (χ4v) is 13.0. The smallest absolute Gasteiger partial charge is 0.187 e. The van der Waals surface area contributed by atoms with Gasteiger partial charge in [-0.05, 0) is 117 Å². The van der Waals surface area contributed by atoms with Gasteiger partial charge < -0.3 is 59.8 Å². The Morgan fingerprint density at radius 3 is 1.96 bits per heavy atom. The standard InChI is InChI=1S/C42H70O12/c1-21(2)10-9-11-22(3)23-12-16-42(8)30(23)24(45)18-28-40(6)15-14-29(39(4,5)27(40)13-17-41(28,42)7)53-38-36(34(49)32(47)26(20-44)52-38)54-37-35(50)33(48)31(46)25(19-43)51-37/h10,23-38,43-50H,3,9,11-20H2,1-2,4-8H3/t23-,24-,25-,26-,27+,28-,29+,30+,31-,32-,33-,34+,35+,36+,37+,38+,40+,41-,42-/m1/s1. The lowest BCUT2D eigenvalue weighted by atomic mass is 9.35. The summed E-state index contributed by atoms with van der Waals surface area (Å²) in [6, 6.07) is 0. The number of hydrogen-bond acceptors (Lipinski definition) is 12. The van der Waals surface area contributed by atoms with Gasteiger partial charge in [-0.2, -0.15) is 0 Å². The average molecular weight is 767 g/mol. The van der Waals surface area contributed by atoms with Crippen molar-refractivity contribution in [2.24, 2.45) is 45.3 Å². The van der Waals surface area contributed by atoms with Gasteiger partial charge in [-0.3, -0.25) is 0 Å². The fourth-order valence-electron chi connectivity index (χ4n) is 13.0. The van der Waals surface area contributed by atoms with E-state index in [0.717, 1.165) is 51.4 Å². The van der Waals surface area contributed by atoms with Gasteiger partial charge in [0.05, 0.1) is 25.4 Å². The molecule has 8 N–H and O–H groups in total. The van der Waals surface area contributed by atoms with E-state index in [1.54, 1.807) is 0 Å². The first kappa shape index (κ1) is 42.6. The van der Waals surface area contributed by atoms with Gasteiger partial charge >= 0.3 is 0 Å². The van der Waals surface area contributed by atoms with Crippen molar-refractivity contribution in [3.05, 3.63) is 23.8 Å². The first-order valence-electron chi connectivity index (χ1n) is 20.5. The van der Waals surface area contributed by atoms with Crippen LogP contribution in [-0.4, -0.2) is 128 Å². The summed E-state index contributed by atoms with van der Waals surface area (Å²) in [4.78, 5) is 0. The molecule has 0 aromatic carbocycles. The van der Waals surface area contributed by atoms with E-state index in [2.05, 4.69) is 61.1 Å². The number of rotatable bonds is 10. The molecule has 310 valence electrons. The van der Waals surface area contributed by atoms with Crippen molar-refractivity contribution in [2.45, 2.75) is 180 Å². The van der Waals surface area contributed by atoms with Crippen molar-refractivity contribution >= 4 is 0 Å². The molecule has 0 unspecified atom stereocenters. The van der Waals surface area contributed by atoms with E-state index in [1.165, 1.54) is 11.1 Å². The van der Waals surface area contributed by atoms with Gasteiger partial charge in [0.1, 0.15) is 48.8 Å². The van der Waals surface area contributed by atoms with Crippen LogP contribution in [0.3, 0.4) is 0 Å². The highest BCUT2D eigenvalue weighted by Gasteiger charge is 2.70. The molecular weight excluding hydrogens is 696 g/mol. The summed E-state index contributed by atoms with van der Waals surface area (Å²) in [6.07, 6.45) is -5.12. The molecule has 2 saturated heterocycles. The second kappa shape index (κ2) is 15.6. The van der Waals surface area contributed by atoms with Crippen LogP contribution in [0, 0.1) is 45.3 Å². The first-order valence-corrected chi connectivity index (χ1v) is 20.5. The topological polar surface area (TPSA) is 199 Å². The van der Waals surface area contributed by atoms with E-state index in [9.17, 15) is 40.9 Å². The molecule has 19 atom stereocenters. The number of aliphatic hydroxyl groups is 8. The molecular formula is C42H70O12. The number of fused-ring (bicyclic) bond motifs is 5. The SMILES string of the molecule is C=C(CCC=C(C)C)[C@H]1CC[C@]2(C)[C@@H]1[C@H](O)C[C@@H]1[C@@]3(C)CC[C@H](O[C@@H]4O[C@H](CO)[C@@H](O)[C@H](O)[C@@H]4O[C@@H]4O[C@H](CO)[C@@H](O)[C@@H](O)[C@@H]4O)C(C)(C)[C@@H]3CC[C@]12C. The van der Waals surface area contributed by atoms with Crippen LogP contribution in [-0.2, 0) is 18.9 Å². The lowest BCUT2D eigenvalue weighted by molar-refractivity contribution is -0.378. The maximum Gasteiger partial charge on any atom is 0.187 e. The van der Waals surface area contributed by atoms with E-state index in [0.29, 0.717) is 18.3 Å². The van der Waals surface area contributed by atoms with Gasteiger partial charge in [0.25, 0.3) is 0 Å².